The summed E-state index contributed by atoms with van der Waals surface area (Å²) in [5.74, 6) is 0.0913. The zero-order valence-electron chi connectivity index (χ0n) is 16.7. The van der Waals surface area contributed by atoms with Gasteiger partial charge in [-0.05, 0) is 54.8 Å². The van der Waals surface area contributed by atoms with Crippen molar-refractivity contribution in [1.82, 2.24) is 4.31 Å². The van der Waals surface area contributed by atoms with E-state index in [1.165, 1.54) is 12.1 Å². The number of nitrogens with one attached hydrogen (secondary N) is 1. The number of hydrogen-bond acceptors (Lipinski definition) is 5. The van der Waals surface area contributed by atoms with Gasteiger partial charge in [-0.3, -0.25) is 4.79 Å². The molecule has 1 amide bonds. The standard InChI is InChI=1S/C22H25N3O4S/c23-14-13-18-5-7-19(8-6-18)24-22(26)17-29-20-9-11-21(12-10-20)30(27,28)25-15-3-1-2-4-16-25/h5-12H,1-4,13,15-17H2,(H,24,26). The highest BCUT2D eigenvalue weighted by Gasteiger charge is 2.25. The van der Waals surface area contributed by atoms with Crippen LogP contribution in [0.3, 0.4) is 0 Å². The lowest BCUT2D eigenvalue weighted by molar-refractivity contribution is -0.118. The predicted molar refractivity (Wildman–Crippen MR) is 114 cm³/mol. The molecule has 7 nitrogen and oxygen atoms in total. The van der Waals surface area contributed by atoms with Crippen molar-refractivity contribution in [3.05, 3.63) is 54.1 Å². The molecule has 0 spiro atoms. The second-order valence-electron chi connectivity index (χ2n) is 7.16. The number of carbonyl (C=O) groups excluding carboxylic acids is 1. The fourth-order valence-electron chi connectivity index (χ4n) is 3.28. The van der Waals surface area contributed by atoms with Gasteiger partial charge in [-0.2, -0.15) is 9.57 Å². The fourth-order valence-corrected chi connectivity index (χ4v) is 4.80. The van der Waals surface area contributed by atoms with Crippen molar-refractivity contribution in [1.29, 1.82) is 5.26 Å². The number of rotatable bonds is 7. The largest absolute Gasteiger partial charge is 0.484 e. The average Bonchev–Trinajstić information content (AvgIpc) is 3.04. The minimum absolute atomic E-state index is 0.196. The Hall–Kier alpha value is -2.89. The van der Waals surface area contributed by atoms with Gasteiger partial charge in [0.15, 0.2) is 6.61 Å². The smallest absolute Gasteiger partial charge is 0.262 e. The van der Waals surface area contributed by atoms with Crippen LogP contribution in [-0.4, -0.2) is 38.3 Å². The first-order chi connectivity index (χ1) is 14.5. The Kier molecular flexibility index (Phi) is 7.44. The first-order valence-corrected chi connectivity index (χ1v) is 11.4. The second-order valence-corrected chi connectivity index (χ2v) is 9.10. The molecule has 1 heterocycles. The van der Waals surface area contributed by atoms with Crippen molar-refractivity contribution in [2.45, 2.75) is 37.0 Å². The van der Waals surface area contributed by atoms with Crippen LogP contribution in [0, 0.1) is 11.3 Å². The average molecular weight is 428 g/mol. The van der Waals surface area contributed by atoms with E-state index in [0.717, 1.165) is 31.2 Å². The molecule has 0 saturated carbocycles. The van der Waals surface area contributed by atoms with E-state index in [1.54, 1.807) is 40.7 Å². The SMILES string of the molecule is N#CCc1ccc(NC(=O)COc2ccc(S(=O)(=O)N3CCCCCC3)cc2)cc1. The van der Waals surface area contributed by atoms with Crippen molar-refractivity contribution in [2.75, 3.05) is 25.0 Å². The van der Waals surface area contributed by atoms with Crippen molar-refractivity contribution < 1.29 is 17.9 Å². The fraction of sp³-hybridized carbons (Fsp3) is 0.364. The normalized spacial score (nSPS) is 15.0. The van der Waals surface area contributed by atoms with Crippen LogP contribution in [0.25, 0.3) is 0 Å². The molecule has 0 radical (unpaired) electrons. The molecule has 1 N–H and O–H groups in total. The van der Waals surface area contributed by atoms with E-state index in [2.05, 4.69) is 11.4 Å². The van der Waals surface area contributed by atoms with Crippen LogP contribution in [0.5, 0.6) is 5.75 Å². The molecule has 1 saturated heterocycles. The lowest BCUT2D eigenvalue weighted by atomic mass is 10.1. The summed E-state index contributed by atoms with van der Waals surface area (Å²) in [6.45, 7) is 0.911. The summed E-state index contributed by atoms with van der Waals surface area (Å²) in [5, 5.41) is 11.4. The van der Waals surface area contributed by atoms with Gasteiger partial charge in [0.2, 0.25) is 10.0 Å². The first kappa shape index (κ1) is 21.8. The number of ether oxygens (including phenoxy) is 1. The molecule has 1 fully saturated rings. The van der Waals surface area contributed by atoms with Gasteiger partial charge in [-0.25, -0.2) is 8.42 Å². The molecule has 0 unspecified atom stereocenters. The van der Waals surface area contributed by atoms with Crippen LogP contribution >= 0.6 is 0 Å². The molecule has 2 aromatic rings. The minimum atomic E-state index is -3.50. The molecule has 0 aliphatic carbocycles. The molecule has 2 aromatic carbocycles. The van der Waals surface area contributed by atoms with Crippen molar-refractivity contribution >= 4 is 21.6 Å². The quantitative estimate of drug-likeness (QED) is 0.731. The Balaban J connectivity index is 1.53. The molecule has 8 heteroatoms. The topological polar surface area (TPSA) is 99.5 Å². The van der Waals surface area contributed by atoms with Gasteiger partial charge in [0, 0.05) is 18.8 Å². The van der Waals surface area contributed by atoms with Gasteiger partial charge in [-0.1, -0.05) is 25.0 Å². The van der Waals surface area contributed by atoms with E-state index in [1.807, 2.05) is 0 Å². The van der Waals surface area contributed by atoms with E-state index in [9.17, 15) is 13.2 Å². The maximum Gasteiger partial charge on any atom is 0.262 e. The van der Waals surface area contributed by atoms with Crippen LogP contribution in [0.2, 0.25) is 0 Å². The van der Waals surface area contributed by atoms with Crippen molar-refractivity contribution in [3.8, 4) is 11.8 Å². The third-order valence-electron chi connectivity index (χ3n) is 4.92. The van der Waals surface area contributed by atoms with Crippen LogP contribution < -0.4 is 10.1 Å². The summed E-state index contributed by atoms with van der Waals surface area (Å²) in [6, 6.07) is 15.2. The third kappa shape index (κ3) is 5.81. The molecule has 1 aliphatic heterocycles. The van der Waals surface area contributed by atoms with Gasteiger partial charge in [-0.15, -0.1) is 0 Å². The number of anilines is 1. The molecular weight excluding hydrogens is 402 g/mol. The first-order valence-electron chi connectivity index (χ1n) is 9.98. The molecule has 3 rings (SSSR count). The number of nitriles is 1. The zero-order valence-corrected chi connectivity index (χ0v) is 17.5. The number of benzene rings is 2. The van der Waals surface area contributed by atoms with Crippen molar-refractivity contribution in [3.63, 3.8) is 0 Å². The van der Waals surface area contributed by atoms with Crippen LogP contribution in [0.1, 0.15) is 31.2 Å². The van der Waals surface area contributed by atoms with Crippen molar-refractivity contribution in [2.24, 2.45) is 0 Å². The van der Waals surface area contributed by atoms with E-state index in [-0.39, 0.29) is 17.4 Å². The summed E-state index contributed by atoms with van der Waals surface area (Å²) < 4.78 is 32.6. The second kappa shape index (κ2) is 10.2. The van der Waals surface area contributed by atoms with Crippen LogP contribution in [0.4, 0.5) is 5.69 Å². The maximum atomic E-state index is 12.8. The van der Waals surface area contributed by atoms with E-state index in [0.29, 0.717) is 30.9 Å². The summed E-state index contributed by atoms with van der Waals surface area (Å²) in [5.41, 5.74) is 1.49. The molecule has 158 valence electrons. The molecule has 0 bridgehead atoms. The van der Waals surface area contributed by atoms with Crippen LogP contribution in [0.15, 0.2) is 53.4 Å². The van der Waals surface area contributed by atoms with E-state index < -0.39 is 10.0 Å². The maximum absolute atomic E-state index is 12.8. The molecule has 0 atom stereocenters. The van der Waals surface area contributed by atoms with E-state index in [4.69, 9.17) is 10.00 Å². The molecule has 30 heavy (non-hydrogen) atoms. The van der Waals surface area contributed by atoms with E-state index >= 15 is 0 Å². The summed E-state index contributed by atoms with van der Waals surface area (Å²) >= 11 is 0. The summed E-state index contributed by atoms with van der Waals surface area (Å²) in [7, 11) is -3.50. The Morgan fingerprint density at radius 2 is 1.63 bits per heavy atom. The zero-order chi connectivity index (χ0) is 21.4. The number of carbonyl (C=O) groups is 1. The Labute approximate surface area is 177 Å². The Morgan fingerprint density at radius 1 is 1.00 bits per heavy atom. The Bertz CT molecular complexity index is 988. The highest BCUT2D eigenvalue weighted by Crippen LogP contribution is 2.22. The summed E-state index contributed by atoms with van der Waals surface area (Å²) in [4.78, 5) is 12.3. The van der Waals surface area contributed by atoms with Gasteiger partial charge >= 0.3 is 0 Å². The van der Waals surface area contributed by atoms with Gasteiger partial charge in [0.1, 0.15) is 5.75 Å². The van der Waals surface area contributed by atoms with Gasteiger partial charge in [0.05, 0.1) is 17.4 Å². The number of amides is 1. The monoisotopic (exact) mass is 427 g/mol. The Morgan fingerprint density at radius 3 is 2.23 bits per heavy atom. The molecular formula is C22H25N3O4S. The lowest BCUT2D eigenvalue weighted by Crippen LogP contribution is -2.31. The number of sulfonamides is 1. The third-order valence-corrected chi connectivity index (χ3v) is 6.83. The number of nitrogens with zero attached hydrogens (tertiary/aromatic N) is 2. The van der Waals surface area contributed by atoms with Gasteiger partial charge in [0.25, 0.3) is 5.91 Å². The minimum Gasteiger partial charge on any atom is -0.484 e. The summed E-state index contributed by atoms with van der Waals surface area (Å²) in [6.07, 6.45) is 4.21. The molecule has 1 aliphatic rings. The highest BCUT2D eigenvalue weighted by atomic mass is 32.2. The predicted octanol–water partition coefficient (Wildman–Crippen LogP) is 3.33. The lowest BCUT2D eigenvalue weighted by Gasteiger charge is -2.20. The molecule has 0 aromatic heterocycles. The van der Waals surface area contributed by atoms with Gasteiger partial charge < -0.3 is 10.1 Å². The number of hydrogen-bond donors (Lipinski definition) is 1. The van der Waals surface area contributed by atoms with Crippen LogP contribution in [-0.2, 0) is 21.2 Å². The highest BCUT2D eigenvalue weighted by molar-refractivity contribution is 7.89.